The van der Waals surface area contributed by atoms with Crippen LogP contribution in [0.4, 0.5) is 0 Å². The molecule has 0 aliphatic carbocycles. The van der Waals surface area contributed by atoms with Gasteiger partial charge in [-0.25, -0.2) is 0 Å². The van der Waals surface area contributed by atoms with Crippen molar-refractivity contribution in [3.8, 4) is 0 Å². The number of carbonyl (C=O) groups excluding carboxylic acids is 1. The van der Waals surface area contributed by atoms with Gasteiger partial charge in [0.25, 0.3) is 0 Å². The number of hydrogen-bond donors (Lipinski definition) is 1. The highest BCUT2D eigenvalue weighted by Crippen LogP contribution is 2.06. The Morgan fingerprint density at radius 1 is 1.53 bits per heavy atom. The van der Waals surface area contributed by atoms with Crippen molar-refractivity contribution < 1.29 is 28.0 Å². The first kappa shape index (κ1) is 9.15. The van der Waals surface area contributed by atoms with Gasteiger partial charge in [0.05, 0.1) is 31.6 Å². The summed E-state index contributed by atoms with van der Waals surface area (Å²) < 4.78 is 26.6. The Labute approximate surface area is 94.4 Å². The van der Waals surface area contributed by atoms with E-state index in [0.29, 0.717) is 0 Å². The minimum atomic E-state index is -2.30. The smallest absolute Gasteiger partial charge is 0.307 e. The van der Waals surface area contributed by atoms with Crippen LogP contribution >= 0.6 is 0 Å². The molecule has 1 atom stereocenters. The second-order valence-electron chi connectivity index (χ2n) is 3.93. The molecule has 0 fully saturated rings. The van der Waals surface area contributed by atoms with Crippen LogP contribution in [-0.2, 0) is 14.3 Å². The fourth-order valence-electron chi connectivity index (χ4n) is 1.12. The normalized spacial score (nSPS) is 17.1. The molecule has 5 heteroatoms. The quantitative estimate of drug-likeness (QED) is 0.523. The molecule has 88 valence electrons. The Morgan fingerprint density at radius 3 is 2.53 bits per heavy atom. The molecule has 0 aromatic rings. The van der Waals surface area contributed by atoms with Crippen LogP contribution in [0, 0.1) is 0 Å². The maximum atomic E-state index is 11.2. The van der Waals surface area contributed by atoms with Gasteiger partial charge in [-0.3, -0.25) is 9.59 Å². The van der Waals surface area contributed by atoms with Crippen LogP contribution in [0.5, 0.6) is 0 Å². The predicted octanol–water partition coefficient (Wildman–Crippen LogP) is 0.489. The van der Waals surface area contributed by atoms with Gasteiger partial charge in [-0.15, -0.1) is 0 Å². The van der Waals surface area contributed by atoms with Gasteiger partial charge >= 0.3 is 11.9 Å². The van der Waals surface area contributed by atoms with Crippen LogP contribution in [0.15, 0.2) is 0 Å². The van der Waals surface area contributed by atoms with Gasteiger partial charge in [-0.2, -0.15) is 0 Å². The van der Waals surface area contributed by atoms with Gasteiger partial charge < -0.3 is 14.3 Å². The Kier molecular flexibility index (Phi) is 3.48. The molecule has 0 aliphatic rings. The summed E-state index contributed by atoms with van der Waals surface area (Å²) in [6.07, 6.45) is -1.22. The third kappa shape index (κ3) is 7.93. The molecule has 0 bridgehead atoms. The van der Waals surface area contributed by atoms with E-state index < -0.39 is 35.9 Å². The number of carbonyl (C=O) groups is 2. The third-order valence-electron chi connectivity index (χ3n) is 1.65. The number of carboxylic acid groups (broad SMARTS) is 1. The zero-order valence-electron chi connectivity index (χ0n) is 12.3. The van der Waals surface area contributed by atoms with E-state index in [0.717, 1.165) is 0 Å². The standard InChI is InChI=1S/C10H19NO4/c1-5-10(14)15-8(6-9(12)13)7-11(2,3)4/h8H,5-7H2,1-4H3/p+1/t8-/m1/s1/i2D3. The summed E-state index contributed by atoms with van der Waals surface area (Å²) in [4.78, 5) is 21.9. The highest BCUT2D eigenvalue weighted by atomic mass is 16.5. The minimum Gasteiger partial charge on any atom is -0.481 e. The zero-order chi connectivity index (χ0) is 14.6. The number of likely N-dealkylation sites (N-methyl/N-ethyl adjacent to an activating group) is 1. The van der Waals surface area contributed by atoms with Crippen molar-refractivity contribution >= 4 is 11.9 Å². The Hall–Kier alpha value is -1.10. The molecule has 0 aliphatic heterocycles. The van der Waals surface area contributed by atoms with E-state index >= 15 is 0 Å². The highest BCUT2D eigenvalue weighted by molar-refractivity contribution is 5.71. The van der Waals surface area contributed by atoms with Gasteiger partial charge in [0.2, 0.25) is 0 Å². The van der Waals surface area contributed by atoms with E-state index in [1.54, 1.807) is 6.92 Å². The van der Waals surface area contributed by atoms with E-state index in [9.17, 15) is 9.59 Å². The van der Waals surface area contributed by atoms with E-state index in [2.05, 4.69) is 0 Å². The molecule has 0 spiro atoms. The zero-order valence-corrected chi connectivity index (χ0v) is 9.32. The number of quaternary nitrogens is 1. The van der Waals surface area contributed by atoms with Gasteiger partial charge in [0, 0.05) is 6.42 Å². The number of hydrogen-bond acceptors (Lipinski definition) is 3. The SMILES string of the molecule is [2H]C([2H])([2H])[N+](C)(C)C[C@@H](CC(=O)O)OC(=O)CC. The lowest BCUT2D eigenvalue weighted by Crippen LogP contribution is -2.43. The molecule has 0 radical (unpaired) electrons. The van der Waals surface area contributed by atoms with Crippen molar-refractivity contribution in [3.63, 3.8) is 0 Å². The Morgan fingerprint density at radius 2 is 2.13 bits per heavy atom. The number of esters is 1. The van der Waals surface area contributed by atoms with Crippen LogP contribution in [-0.4, -0.2) is 55.2 Å². The summed E-state index contributed by atoms with van der Waals surface area (Å²) in [5.74, 6) is -1.67. The van der Waals surface area contributed by atoms with Crippen LogP contribution in [0.1, 0.15) is 23.9 Å². The Balaban J connectivity index is 4.78. The molecular weight excluding hydrogens is 198 g/mol. The van der Waals surface area contributed by atoms with Gasteiger partial charge in [0.15, 0.2) is 6.10 Å². The van der Waals surface area contributed by atoms with Crippen molar-refractivity contribution in [3.05, 3.63) is 0 Å². The van der Waals surface area contributed by atoms with E-state index in [-0.39, 0.29) is 13.0 Å². The summed E-state index contributed by atoms with van der Waals surface area (Å²) in [6, 6.07) is 0. The van der Waals surface area contributed by atoms with Crippen LogP contribution < -0.4 is 0 Å². The molecule has 0 rings (SSSR count). The molecule has 0 saturated heterocycles. The second kappa shape index (κ2) is 5.70. The molecule has 5 nitrogen and oxygen atoms in total. The number of rotatable bonds is 6. The van der Waals surface area contributed by atoms with Crippen molar-refractivity contribution in [2.24, 2.45) is 0 Å². The first-order chi connectivity index (χ1) is 7.99. The van der Waals surface area contributed by atoms with Crippen LogP contribution in [0.3, 0.4) is 0 Å². The molecule has 0 aromatic heterocycles. The summed E-state index contributed by atoms with van der Waals surface area (Å²) in [5.41, 5.74) is 0. The molecule has 0 amide bonds. The third-order valence-corrected chi connectivity index (χ3v) is 1.65. The number of carboxylic acids is 1. The summed E-state index contributed by atoms with van der Waals surface area (Å²) in [6.45, 7) is -0.784. The maximum Gasteiger partial charge on any atom is 0.307 e. The van der Waals surface area contributed by atoms with Gasteiger partial charge in [-0.1, -0.05) is 6.92 Å². The van der Waals surface area contributed by atoms with E-state index in [4.69, 9.17) is 14.0 Å². The maximum absolute atomic E-state index is 11.2. The molecule has 0 heterocycles. The Bertz CT molecular complexity index is 315. The molecule has 0 saturated carbocycles. The fourth-order valence-corrected chi connectivity index (χ4v) is 1.12. The predicted molar refractivity (Wildman–Crippen MR) is 55.3 cm³/mol. The molecule has 0 aromatic carbocycles. The van der Waals surface area contributed by atoms with Crippen molar-refractivity contribution in [2.45, 2.75) is 25.9 Å². The van der Waals surface area contributed by atoms with Crippen molar-refractivity contribution in [1.82, 2.24) is 0 Å². The van der Waals surface area contributed by atoms with E-state index in [1.807, 2.05) is 0 Å². The minimum absolute atomic E-state index is 0.0749. The van der Waals surface area contributed by atoms with Crippen molar-refractivity contribution in [2.75, 3.05) is 27.6 Å². The van der Waals surface area contributed by atoms with Crippen LogP contribution in [0.2, 0.25) is 0 Å². The first-order valence-corrected chi connectivity index (χ1v) is 4.74. The number of nitrogens with zero attached hydrogens (tertiary/aromatic N) is 1. The lowest BCUT2D eigenvalue weighted by Gasteiger charge is -2.28. The summed E-state index contributed by atoms with van der Waals surface area (Å²) in [7, 11) is 2.89. The average molecular weight is 221 g/mol. The van der Waals surface area contributed by atoms with E-state index in [1.165, 1.54) is 14.1 Å². The molecule has 1 N–H and O–H groups in total. The average Bonchev–Trinajstić information content (AvgIpc) is 2.13. The largest absolute Gasteiger partial charge is 0.481 e. The fraction of sp³-hybridized carbons (Fsp3) is 0.800. The van der Waals surface area contributed by atoms with Gasteiger partial charge in [-0.05, 0) is 0 Å². The second-order valence-corrected chi connectivity index (χ2v) is 3.93. The van der Waals surface area contributed by atoms with Crippen LogP contribution in [0.25, 0.3) is 0 Å². The first-order valence-electron chi connectivity index (χ1n) is 6.24. The lowest BCUT2D eigenvalue weighted by atomic mass is 10.2. The highest BCUT2D eigenvalue weighted by Gasteiger charge is 2.23. The summed E-state index contributed by atoms with van der Waals surface area (Å²) >= 11 is 0. The summed E-state index contributed by atoms with van der Waals surface area (Å²) in [5, 5.41) is 8.73. The van der Waals surface area contributed by atoms with Gasteiger partial charge in [0.1, 0.15) is 6.54 Å². The number of ether oxygens (including phenoxy) is 1. The molecule has 0 unspecified atom stereocenters. The lowest BCUT2D eigenvalue weighted by molar-refractivity contribution is -0.873. The molecular formula is C10H20NO4+. The monoisotopic (exact) mass is 221 g/mol. The van der Waals surface area contributed by atoms with Crippen molar-refractivity contribution in [1.29, 1.82) is 0 Å². The number of aliphatic carboxylic acids is 1. The molecule has 15 heavy (non-hydrogen) atoms. The topological polar surface area (TPSA) is 63.6 Å².